The number of pyridine rings is 1. The van der Waals surface area contributed by atoms with E-state index in [9.17, 15) is 9.59 Å². The molecule has 132 valence electrons. The Morgan fingerprint density at radius 2 is 2.04 bits per heavy atom. The first-order valence-electron chi connectivity index (χ1n) is 8.85. The Labute approximate surface area is 155 Å². The number of fused-ring (bicyclic) bond motifs is 1. The third-order valence-electron chi connectivity index (χ3n) is 4.94. The van der Waals surface area contributed by atoms with Gasteiger partial charge in [-0.2, -0.15) is 0 Å². The largest absolute Gasteiger partial charge is 0.351 e. The number of hydrogen-bond acceptors (Lipinski definition) is 3. The van der Waals surface area contributed by atoms with E-state index in [4.69, 9.17) is 0 Å². The lowest BCUT2D eigenvalue weighted by Crippen LogP contribution is -2.33. The first-order chi connectivity index (χ1) is 12.7. The Morgan fingerprint density at radius 1 is 1.15 bits per heavy atom. The Kier molecular flexibility index (Phi) is 4.71. The number of thiophene rings is 1. The molecule has 0 bridgehead atoms. The molecule has 1 aliphatic carbocycles. The topological polar surface area (TPSA) is 62.0 Å². The maximum absolute atomic E-state index is 12.5. The number of H-pyrrole nitrogens is 1. The van der Waals surface area contributed by atoms with Crippen molar-refractivity contribution in [1.29, 1.82) is 0 Å². The van der Waals surface area contributed by atoms with Crippen LogP contribution in [0.2, 0.25) is 0 Å². The summed E-state index contributed by atoms with van der Waals surface area (Å²) in [5.41, 5.74) is 3.24. The van der Waals surface area contributed by atoms with Crippen LogP contribution in [-0.2, 0) is 6.42 Å². The third kappa shape index (κ3) is 3.35. The smallest absolute Gasteiger partial charge is 0.261 e. The number of aryl methyl sites for hydroxylation is 1. The van der Waals surface area contributed by atoms with Crippen LogP contribution < -0.4 is 10.9 Å². The van der Waals surface area contributed by atoms with Gasteiger partial charge < -0.3 is 10.3 Å². The molecular formula is C21H20N2O2S. The average molecular weight is 364 g/mol. The Bertz CT molecular complexity index is 976. The van der Waals surface area contributed by atoms with Crippen LogP contribution in [0, 0.1) is 0 Å². The maximum Gasteiger partial charge on any atom is 0.261 e. The number of carbonyl (C=O) groups excluding carboxylic acids is 1. The summed E-state index contributed by atoms with van der Waals surface area (Å²) in [6, 6.07) is 15.7. The van der Waals surface area contributed by atoms with Crippen molar-refractivity contribution in [2.24, 2.45) is 0 Å². The van der Waals surface area contributed by atoms with Crippen LogP contribution in [0.5, 0.6) is 0 Å². The van der Waals surface area contributed by atoms with Gasteiger partial charge in [-0.15, -0.1) is 11.3 Å². The highest BCUT2D eigenvalue weighted by Gasteiger charge is 2.21. The zero-order valence-electron chi connectivity index (χ0n) is 14.3. The molecule has 1 atom stereocenters. The molecule has 0 fully saturated rings. The fourth-order valence-electron chi connectivity index (χ4n) is 3.61. The van der Waals surface area contributed by atoms with Gasteiger partial charge in [-0.3, -0.25) is 9.59 Å². The molecular weight excluding hydrogens is 344 g/mol. The summed E-state index contributed by atoms with van der Waals surface area (Å²) in [7, 11) is 0. The minimum atomic E-state index is -0.350. The Morgan fingerprint density at radius 3 is 2.85 bits per heavy atom. The van der Waals surface area contributed by atoms with Crippen LogP contribution in [0.15, 0.2) is 58.7 Å². The molecule has 3 aromatic rings. The standard InChI is InChI=1S/C21H20N2O2S/c24-20(17-10-11-18(23-21(17)25)19-9-4-12-26-19)22-13-15-7-3-6-14-5-1-2-8-16(14)15/h1-2,4-5,8-12,15H,3,6-7,13H2,(H,22,24)(H,23,25). The van der Waals surface area contributed by atoms with Crippen LogP contribution in [0.4, 0.5) is 0 Å². The number of amides is 1. The molecule has 2 aromatic heterocycles. The van der Waals surface area contributed by atoms with Crippen molar-refractivity contribution >= 4 is 17.2 Å². The number of rotatable bonds is 4. The van der Waals surface area contributed by atoms with E-state index in [1.54, 1.807) is 23.5 Å². The fraction of sp³-hybridized carbons (Fsp3) is 0.238. The summed E-state index contributed by atoms with van der Waals surface area (Å²) in [6.07, 6.45) is 3.29. The number of nitrogens with one attached hydrogen (secondary N) is 2. The molecule has 1 aliphatic rings. The second-order valence-electron chi connectivity index (χ2n) is 6.59. The van der Waals surface area contributed by atoms with E-state index in [1.807, 2.05) is 23.6 Å². The third-order valence-corrected chi connectivity index (χ3v) is 5.85. The predicted molar refractivity (Wildman–Crippen MR) is 105 cm³/mol. The molecule has 26 heavy (non-hydrogen) atoms. The first kappa shape index (κ1) is 16.8. The highest BCUT2D eigenvalue weighted by molar-refractivity contribution is 7.13. The van der Waals surface area contributed by atoms with Gasteiger partial charge in [0.15, 0.2) is 0 Å². The zero-order valence-corrected chi connectivity index (χ0v) is 15.1. The molecule has 0 saturated carbocycles. The van der Waals surface area contributed by atoms with Gasteiger partial charge in [0.1, 0.15) is 5.56 Å². The van der Waals surface area contributed by atoms with Crippen molar-refractivity contribution < 1.29 is 4.79 Å². The summed E-state index contributed by atoms with van der Waals surface area (Å²) >= 11 is 1.55. The maximum atomic E-state index is 12.5. The van der Waals surface area contributed by atoms with Crippen LogP contribution in [0.1, 0.15) is 40.2 Å². The lowest BCUT2D eigenvalue weighted by molar-refractivity contribution is 0.0949. The van der Waals surface area contributed by atoms with Crippen molar-refractivity contribution in [3.63, 3.8) is 0 Å². The van der Waals surface area contributed by atoms with Gasteiger partial charge in [0.25, 0.3) is 11.5 Å². The lowest BCUT2D eigenvalue weighted by Gasteiger charge is -2.25. The molecule has 4 rings (SSSR count). The van der Waals surface area contributed by atoms with Crippen molar-refractivity contribution in [2.45, 2.75) is 25.2 Å². The number of hydrogen-bond donors (Lipinski definition) is 2. The number of aromatic amines is 1. The fourth-order valence-corrected chi connectivity index (χ4v) is 4.31. The molecule has 4 nitrogen and oxygen atoms in total. The van der Waals surface area contributed by atoms with E-state index >= 15 is 0 Å². The molecule has 2 N–H and O–H groups in total. The quantitative estimate of drug-likeness (QED) is 0.736. The van der Waals surface area contributed by atoms with E-state index < -0.39 is 0 Å². The highest BCUT2D eigenvalue weighted by Crippen LogP contribution is 2.30. The van der Waals surface area contributed by atoms with Crippen LogP contribution in [0.3, 0.4) is 0 Å². The molecule has 1 unspecified atom stereocenters. The van der Waals surface area contributed by atoms with Crippen molar-refractivity contribution in [2.75, 3.05) is 6.54 Å². The van der Waals surface area contributed by atoms with Gasteiger partial charge in [0, 0.05) is 12.5 Å². The monoisotopic (exact) mass is 364 g/mol. The second-order valence-corrected chi connectivity index (χ2v) is 7.54. The predicted octanol–water partition coefficient (Wildman–Crippen LogP) is 3.95. The van der Waals surface area contributed by atoms with Gasteiger partial charge in [-0.05, 0) is 54.0 Å². The zero-order chi connectivity index (χ0) is 17.9. The molecule has 1 amide bonds. The average Bonchev–Trinajstić information content (AvgIpc) is 3.21. The molecule has 0 radical (unpaired) electrons. The van der Waals surface area contributed by atoms with Gasteiger partial charge in [-0.1, -0.05) is 30.3 Å². The molecule has 0 spiro atoms. The minimum Gasteiger partial charge on any atom is -0.351 e. The number of aromatic nitrogens is 1. The summed E-state index contributed by atoms with van der Waals surface area (Å²) in [4.78, 5) is 28.6. The first-order valence-corrected chi connectivity index (χ1v) is 9.73. The number of benzene rings is 1. The van der Waals surface area contributed by atoms with Crippen molar-refractivity contribution in [1.82, 2.24) is 10.3 Å². The van der Waals surface area contributed by atoms with E-state index in [2.05, 4.69) is 28.5 Å². The van der Waals surface area contributed by atoms with Crippen molar-refractivity contribution in [3.8, 4) is 10.6 Å². The lowest BCUT2D eigenvalue weighted by atomic mass is 9.83. The Hall–Kier alpha value is -2.66. The van der Waals surface area contributed by atoms with Gasteiger partial charge >= 0.3 is 0 Å². The van der Waals surface area contributed by atoms with Gasteiger partial charge in [0.05, 0.1) is 10.6 Å². The van der Waals surface area contributed by atoms with Crippen LogP contribution in [-0.4, -0.2) is 17.4 Å². The summed E-state index contributed by atoms with van der Waals surface area (Å²) in [5.74, 6) is 0.000378. The number of carbonyl (C=O) groups is 1. The van der Waals surface area contributed by atoms with E-state index in [0.29, 0.717) is 12.5 Å². The summed E-state index contributed by atoms with van der Waals surface area (Å²) in [6.45, 7) is 0.558. The minimum absolute atomic E-state index is 0.161. The summed E-state index contributed by atoms with van der Waals surface area (Å²) in [5, 5.41) is 4.90. The van der Waals surface area contributed by atoms with Crippen LogP contribution >= 0.6 is 11.3 Å². The molecule has 2 heterocycles. The second kappa shape index (κ2) is 7.30. The SMILES string of the molecule is O=C(NCC1CCCc2ccccc21)c1ccc(-c2cccs2)[nH]c1=O. The summed E-state index contributed by atoms with van der Waals surface area (Å²) < 4.78 is 0. The van der Waals surface area contributed by atoms with Crippen molar-refractivity contribution in [3.05, 3.63) is 81.0 Å². The Balaban J connectivity index is 1.47. The van der Waals surface area contributed by atoms with Gasteiger partial charge in [0.2, 0.25) is 0 Å². The van der Waals surface area contributed by atoms with E-state index in [1.165, 1.54) is 11.1 Å². The highest BCUT2D eigenvalue weighted by atomic mass is 32.1. The van der Waals surface area contributed by atoms with Gasteiger partial charge in [-0.25, -0.2) is 0 Å². The molecule has 0 aliphatic heterocycles. The van der Waals surface area contributed by atoms with E-state index in [0.717, 1.165) is 29.8 Å². The molecule has 5 heteroatoms. The molecule has 0 saturated heterocycles. The molecule has 1 aromatic carbocycles. The normalized spacial score (nSPS) is 16.1. The van der Waals surface area contributed by atoms with E-state index in [-0.39, 0.29) is 17.0 Å². The van der Waals surface area contributed by atoms with Crippen LogP contribution in [0.25, 0.3) is 10.6 Å².